The van der Waals surface area contributed by atoms with Gasteiger partial charge in [0, 0.05) is 21.3 Å². The first kappa shape index (κ1) is 16.4. The molecule has 1 saturated carbocycles. The summed E-state index contributed by atoms with van der Waals surface area (Å²) >= 11 is 0. The Morgan fingerprint density at radius 1 is 0.950 bits per heavy atom. The maximum atomic E-state index is 6.14. The van der Waals surface area contributed by atoms with Crippen LogP contribution in [0.3, 0.4) is 0 Å². The van der Waals surface area contributed by atoms with Crippen LogP contribution in [0.15, 0.2) is 0 Å². The fourth-order valence-corrected chi connectivity index (χ4v) is 5.84. The molecular weight excluding hydrogens is 276 g/mol. The third kappa shape index (κ3) is 4.02. The Balaban J connectivity index is 2.06. The van der Waals surface area contributed by atoms with Crippen LogP contribution in [-0.2, 0) is 22.8 Å². The molecule has 1 saturated heterocycles. The van der Waals surface area contributed by atoms with Gasteiger partial charge in [-0.05, 0) is 12.8 Å². The molecule has 2 aliphatic rings. The predicted molar refractivity (Wildman–Crippen MR) is 77.7 cm³/mol. The maximum Gasteiger partial charge on any atom is 0.506 e. The zero-order chi connectivity index (χ0) is 14.4. The molecule has 2 rings (SSSR count). The molecule has 5 nitrogen and oxygen atoms in total. The Bertz CT molecular complexity index is 272. The molecule has 0 bridgehead atoms. The molecule has 0 N–H and O–H groups in total. The normalized spacial score (nSPS) is 31.6. The van der Waals surface area contributed by atoms with E-state index in [1.165, 1.54) is 25.7 Å². The maximum absolute atomic E-state index is 6.14. The van der Waals surface area contributed by atoms with Crippen molar-refractivity contribution in [3.05, 3.63) is 0 Å². The predicted octanol–water partition coefficient (Wildman–Crippen LogP) is 2.37. The first-order valence-electron chi connectivity index (χ1n) is 7.64. The van der Waals surface area contributed by atoms with Crippen LogP contribution >= 0.6 is 0 Å². The highest BCUT2D eigenvalue weighted by atomic mass is 28.4. The molecular formula is C14H28O5Si. The van der Waals surface area contributed by atoms with E-state index in [0.717, 1.165) is 19.4 Å². The third-order valence-electron chi connectivity index (χ3n) is 4.41. The van der Waals surface area contributed by atoms with Gasteiger partial charge in [-0.2, -0.15) is 0 Å². The van der Waals surface area contributed by atoms with E-state index in [2.05, 4.69) is 0 Å². The van der Waals surface area contributed by atoms with Crippen LogP contribution in [0.1, 0.15) is 38.5 Å². The highest BCUT2D eigenvalue weighted by Gasteiger charge is 2.51. The van der Waals surface area contributed by atoms with Gasteiger partial charge in [-0.15, -0.1) is 0 Å². The molecule has 0 aromatic heterocycles. The molecule has 118 valence electrons. The van der Waals surface area contributed by atoms with E-state index in [1.807, 2.05) is 0 Å². The summed E-state index contributed by atoms with van der Waals surface area (Å²) < 4.78 is 28.5. The van der Waals surface area contributed by atoms with E-state index in [1.54, 1.807) is 21.3 Å². The van der Waals surface area contributed by atoms with Crippen molar-refractivity contribution >= 4 is 8.80 Å². The largest absolute Gasteiger partial charge is 0.506 e. The van der Waals surface area contributed by atoms with E-state index in [0.29, 0.717) is 12.7 Å². The van der Waals surface area contributed by atoms with Gasteiger partial charge in [-0.3, -0.25) is 0 Å². The summed E-state index contributed by atoms with van der Waals surface area (Å²) in [6, 6.07) is 0. The number of hydrogen-bond acceptors (Lipinski definition) is 5. The Kier molecular flexibility index (Phi) is 6.44. The summed E-state index contributed by atoms with van der Waals surface area (Å²) in [6.45, 7) is 1.52. The number of ether oxygens (including phenoxy) is 2. The first-order chi connectivity index (χ1) is 9.75. The van der Waals surface area contributed by atoms with Crippen molar-refractivity contribution in [1.82, 2.24) is 0 Å². The summed E-state index contributed by atoms with van der Waals surface area (Å²) in [4.78, 5) is 0. The standard InChI is InChI=1S/C14H28O5Si/c1-15-20(16-2,17-3)14-9-7-5-4-6-8-13(14)19-11-12-10-18-12/h12-14H,4-11H2,1-3H3. The van der Waals surface area contributed by atoms with E-state index >= 15 is 0 Å². The van der Waals surface area contributed by atoms with Crippen molar-refractivity contribution in [3.63, 3.8) is 0 Å². The highest BCUT2D eigenvalue weighted by molar-refractivity contribution is 6.62. The summed E-state index contributed by atoms with van der Waals surface area (Å²) in [5.74, 6) is 0. The van der Waals surface area contributed by atoms with E-state index in [4.69, 9.17) is 22.8 Å². The van der Waals surface area contributed by atoms with Gasteiger partial charge in [0.1, 0.15) is 6.10 Å². The minimum Gasteiger partial charge on any atom is -0.377 e. The molecule has 3 unspecified atom stereocenters. The van der Waals surface area contributed by atoms with Crippen molar-refractivity contribution in [1.29, 1.82) is 0 Å². The minimum absolute atomic E-state index is 0.158. The van der Waals surface area contributed by atoms with E-state index in [9.17, 15) is 0 Å². The lowest BCUT2D eigenvalue weighted by Crippen LogP contribution is -2.52. The van der Waals surface area contributed by atoms with Crippen molar-refractivity contribution < 1.29 is 22.8 Å². The van der Waals surface area contributed by atoms with Gasteiger partial charge in [0.25, 0.3) is 0 Å². The summed E-state index contributed by atoms with van der Waals surface area (Å²) in [7, 11) is 2.43. The second kappa shape index (κ2) is 7.86. The van der Waals surface area contributed by atoms with Gasteiger partial charge in [0.05, 0.1) is 24.9 Å². The van der Waals surface area contributed by atoms with Gasteiger partial charge in [-0.1, -0.05) is 25.7 Å². The SMILES string of the molecule is CO[Si](OC)(OC)C1CCCCCCC1OCC1CO1. The van der Waals surface area contributed by atoms with Gasteiger partial charge in [0.15, 0.2) is 0 Å². The van der Waals surface area contributed by atoms with E-state index < -0.39 is 8.80 Å². The smallest absolute Gasteiger partial charge is 0.377 e. The Labute approximate surface area is 123 Å². The Hall–Kier alpha value is 0.0169. The fraction of sp³-hybridized carbons (Fsp3) is 1.00. The van der Waals surface area contributed by atoms with E-state index in [-0.39, 0.29) is 11.6 Å². The highest BCUT2D eigenvalue weighted by Crippen LogP contribution is 2.38. The topological polar surface area (TPSA) is 49.5 Å². The molecule has 0 aromatic rings. The average molecular weight is 304 g/mol. The fourth-order valence-electron chi connectivity index (χ4n) is 3.15. The van der Waals surface area contributed by atoms with Crippen LogP contribution < -0.4 is 0 Å². The molecule has 20 heavy (non-hydrogen) atoms. The first-order valence-corrected chi connectivity index (χ1v) is 9.44. The van der Waals surface area contributed by atoms with Gasteiger partial charge >= 0.3 is 8.80 Å². The molecule has 1 aliphatic carbocycles. The number of rotatable bonds is 7. The van der Waals surface area contributed by atoms with Gasteiger partial charge in [0.2, 0.25) is 0 Å². The molecule has 2 fully saturated rings. The lowest BCUT2D eigenvalue weighted by atomic mass is 9.98. The summed E-state index contributed by atoms with van der Waals surface area (Å²) in [5.41, 5.74) is 0.224. The van der Waals surface area contributed by atoms with Crippen molar-refractivity contribution in [2.24, 2.45) is 0 Å². The molecule has 1 heterocycles. The third-order valence-corrected chi connectivity index (χ3v) is 7.68. The molecule has 0 amide bonds. The van der Waals surface area contributed by atoms with Crippen LogP contribution in [-0.4, -0.2) is 55.6 Å². The van der Waals surface area contributed by atoms with Crippen LogP contribution in [0.25, 0.3) is 0 Å². The van der Waals surface area contributed by atoms with Crippen LogP contribution in [0.4, 0.5) is 0 Å². The number of hydrogen-bond donors (Lipinski definition) is 0. The molecule has 0 aromatic carbocycles. The summed E-state index contributed by atoms with van der Waals surface area (Å²) in [5, 5.41) is 0. The number of epoxide rings is 1. The van der Waals surface area contributed by atoms with Crippen molar-refractivity contribution in [2.75, 3.05) is 34.5 Å². The second-order valence-corrected chi connectivity index (χ2v) is 8.81. The second-order valence-electron chi connectivity index (χ2n) is 5.64. The quantitative estimate of drug-likeness (QED) is 0.534. The average Bonchev–Trinajstić information content (AvgIpc) is 3.26. The summed E-state index contributed by atoms with van der Waals surface area (Å²) in [6.07, 6.45) is 7.52. The Morgan fingerprint density at radius 3 is 2.10 bits per heavy atom. The monoisotopic (exact) mass is 304 g/mol. The lowest BCUT2D eigenvalue weighted by Gasteiger charge is -2.38. The van der Waals surface area contributed by atoms with Crippen molar-refractivity contribution in [2.45, 2.75) is 56.3 Å². The molecule has 6 heteroatoms. The Morgan fingerprint density at radius 2 is 1.55 bits per heavy atom. The van der Waals surface area contributed by atoms with Crippen LogP contribution in [0.2, 0.25) is 5.54 Å². The zero-order valence-electron chi connectivity index (χ0n) is 12.9. The van der Waals surface area contributed by atoms with Gasteiger partial charge in [-0.25, -0.2) is 0 Å². The zero-order valence-corrected chi connectivity index (χ0v) is 13.9. The molecule has 0 radical (unpaired) electrons. The van der Waals surface area contributed by atoms with Crippen LogP contribution in [0, 0.1) is 0 Å². The molecule has 1 aliphatic heterocycles. The lowest BCUT2D eigenvalue weighted by molar-refractivity contribution is 0.0000598. The van der Waals surface area contributed by atoms with Crippen molar-refractivity contribution in [3.8, 4) is 0 Å². The molecule has 0 spiro atoms. The van der Waals surface area contributed by atoms with Gasteiger partial charge < -0.3 is 22.8 Å². The minimum atomic E-state index is -2.65. The van der Waals surface area contributed by atoms with Crippen LogP contribution in [0.5, 0.6) is 0 Å². The molecule has 3 atom stereocenters.